The van der Waals surface area contributed by atoms with Crippen LogP contribution in [0.3, 0.4) is 0 Å². The first-order chi connectivity index (χ1) is 16.4. The van der Waals surface area contributed by atoms with Crippen LogP contribution in [0.4, 0.5) is 26.5 Å². The SMILES string of the molecule is CCn1cc(-c2cccc(N3CCN(c4ccc(F)c(Cl)c4)C3=O)c2)c(-c2ccnc(N)n2)n1. The van der Waals surface area contributed by atoms with Crippen LogP contribution in [0.25, 0.3) is 22.5 Å². The highest BCUT2D eigenvalue weighted by Gasteiger charge is 2.31. The van der Waals surface area contributed by atoms with Crippen molar-refractivity contribution in [3.05, 3.63) is 71.8 Å². The van der Waals surface area contributed by atoms with Crippen molar-refractivity contribution in [1.82, 2.24) is 19.7 Å². The molecule has 1 aliphatic rings. The van der Waals surface area contributed by atoms with Crippen molar-refractivity contribution in [3.63, 3.8) is 0 Å². The molecule has 0 bridgehead atoms. The Hall–Kier alpha value is -3.98. The van der Waals surface area contributed by atoms with Gasteiger partial charge in [-0.2, -0.15) is 5.10 Å². The van der Waals surface area contributed by atoms with Crippen LogP contribution >= 0.6 is 11.6 Å². The molecule has 34 heavy (non-hydrogen) atoms. The summed E-state index contributed by atoms with van der Waals surface area (Å²) in [5.74, 6) is -0.345. The van der Waals surface area contributed by atoms with Crippen LogP contribution in [-0.4, -0.2) is 38.9 Å². The number of nitrogens with two attached hydrogens (primary N) is 1. The lowest BCUT2D eigenvalue weighted by molar-refractivity contribution is 0.256. The van der Waals surface area contributed by atoms with Crippen molar-refractivity contribution in [2.24, 2.45) is 0 Å². The lowest BCUT2D eigenvalue weighted by atomic mass is 10.0. The number of carbonyl (C=O) groups is 1. The first kappa shape index (κ1) is 21.8. The second-order valence-corrected chi connectivity index (χ2v) is 8.19. The van der Waals surface area contributed by atoms with E-state index in [0.29, 0.717) is 36.7 Å². The van der Waals surface area contributed by atoms with Crippen molar-refractivity contribution in [2.45, 2.75) is 13.5 Å². The predicted octanol–water partition coefficient (Wildman–Crippen LogP) is 4.85. The number of nitrogen functional groups attached to an aromatic ring is 1. The van der Waals surface area contributed by atoms with Gasteiger partial charge < -0.3 is 5.73 Å². The number of amides is 2. The van der Waals surface area contributed by atoms with E-state index in [9.17, 15) is 9.18 Å². The van der Waals surface area contributed by atoms with E-state index >= 15 is 0 Å². The molecule has 4 aromatic rings. The van der Waals surface area contributed by atoms with Gasteiger partial charge in [-0.05, 0) is 48.9 Å². The number of anilines is 3. The fourth-order valence-electron chi connectivity index (χ4n) is 4.00. The largest absolute Gasteiger partial charge is 0.368 e. The number of halogens is 2. The zero-order valence-corrected chi connectivity index (χ0v) is 19.1. The molecule has 5 rings (SSSR count). The topological polar surface area (TPSA) is 93.2 Å². The van der Waals surface area contributed by atoms with Gasteiger partial charge >= 0.3 is 6.03 Å². The number of benzene rings is 2. The number of urea groups is 1. The van der Waals surface area contributed by atoms with Gasteiger partial charge in [0.05, 0.1) is 10.7 Å². The molecule has 10 heteroatoms. The maximum atomic E-state index is 13.6. The quantitative estimate of drug-likeness (QED) is 0.443. The van der Waals surface area contributed by atoms with E-state index in [1.165, 1.54) is 12.1 Å². The summed E-state index contributed by atoms with van der Waals surface area (Å²) < 4.78 is 15.4. The summed E-state index contributed by atoms with van der Waals surface area (Å²) >= 11 is 5.92. The Labute approximate surface area is 200 Å². The van der Waals surface area contributed by atoms with Crippen molar-refractivity contribution < 1.29 is 9.18 Å². The van der Waals surface area contributed by atoms with Crippen LogP contribution in [-0.2, 0) is 6.54 Å². The minimum Gasteiger partial charge on any atom is -0.368 e. The zero-order chi connectivity index (χ0) is 23.8. The average molecular weight is 478 g/mol. The summed E-state index contributed by atoms with van der Waals surface area (Å²) in [7, 11) is 0. The molecular formula is C24H21ClFN7O. The van der Waals surface area contributed by atoms with E-state index in [1.54, 1.807) is 28.1 Å². The monoisotopic (exact) mass is 477 g/mol. The van der Waals surface area contributed by atoms with Gasteiger partial charge in [0.15, 0.2) is 0 Å². The van der Waals surface area contributed by atoms with Crippen molar-refractivity contribution in [3.8, 4) is 22.5 Å². The van der Waals surface area contributed by atoms with Crippen LogP contribution in [0.15, 0.2) is 60.9 Å². The summed E-state index contributed by atoms with van der Waals surface area (Å²) in [5, 5.41) is 4.65. The molecule has 172 valence electrons. The summed E-state index contributed by atoms with van der Waals surface area (Å²) in [6.45, 7) is 3.64. The van der Waals surface area contributed by atoms with Crippen molar-refractivity contribution in [1.29, 1.82) is 0 Å². The van der Waals surface area contributed by atoms with Crippen molar-refractivity contribution >= 4 is 35.0 Å². The molecular weight excluding hydrogens is 457 g/mol. The second kappa shape index (κ2) is 8.75. The third-order valence-corrected chi connectivity index (χ3v) is 5.98. The molecule has 1 fully saturated rings. The first-order valence-corrected chi connectivity index (χ1v) is 11.1. The third-order valence-electron chi connectivity index (χ3n) is 5.70. The number of nitrogens with zero attached hydrogens (tertiary/aromatic N) is 6. The Kier molecular flexibility index (Phi) is 5.62. The minimum absolute atomic E-state index is 0.0171. The molecule has 0 radical (unpaired) electrons. The molecule has 0 aliphatic carbocycles. The summed E-state index contributed by atoms with van der Waals surface area (Å²) in [4.78, 5) is 24.8. The van der Waals surface area contributed by atoms with Crippen LogP contribution in [0.1, 0.15) is 6.92 Å². The number of rotatable bonds is 5. The van der Waals surface area contributed by atoms with Gasteiger partial charge in [0.2, 0.25) is 5.95 Å². The van der Waals surface area contributed by atoms with E-state index in [4.69, 9.17) is 17.3 Å². The minimum atomic E-state index is -0.518. The van der Waals surface area contributed by atoms with Gasteiger partial charge in [-0.25, -0.2) is 19.2 Å². The Morgan fingerprint density at radius 1 is 1.09 bits per heavy atom. The molecule has 1 aliphatic heterocycles. The maximum absolute atomic E-state index is 13.6. The summed E-state index contributed by atoms with van der Waals surface area (Å²) in [6, 6.07) is 13.5. The van der Waals surface area contributed by atoms with Gasteiger partial charge in [0.25, 0.3) is 0 Å². The Bertz CT molecular complexity index is 1390. The summed E-state index contributed by atoms with van der Waals surface area (Å²) in [5.41, 5.74) is 10.2. The van der Waals surface area contributed by atoms with Gasteiger partial charge in [0, 0.05) is 49.0 Å². The molecule has 0 unspecified atom stereocenters. The van der Waals surface area contributed by atoms with Gasteiger partial charge in [-0.3, -0.25) is 14.5 Å². The molecule has 2 amide bonds. The number of carbonyl (C=O) groups excluding carboxylic acids is 1. The van der Waals surface area contributed by atoms with Crippen LogP contribution in [0.2, 0.25) is 5.02 Å². The van der Waals surface area contributed by atoms with Gasteiger partial charge in [-0.1, -0.05) is 23.7 Å². The standard InChI is InChI=1S/C24H21ClFN7O/c1-2-31-14-18(22(30-31)21-8-9-28-23(27)29-21)15-4-3-5-16(12-15)32-10-11-33(24(32)34)17-6-7-20(26)19(25)13-17/h3-9,12-14H,2,10-11H2,1H3,(H2,27,28,29). The fourth-order valence-corrected chi connectivity index (χ4v) is 4.17. The molecule has 8 nitrogen and oxygen atoms in total. The average Bonchev–Trinajstić information content (AvgIpc) is 3.45. The maximum Gasteiger partial charge on any atom is 0.329 e. The molecule has 3 heterocycles. The number of hydrogen-bond donors (Lipinski definition) is 1. The highest BCUT2D eigenvalue weighted by atomic mass is 35.5. The molecule has 0 saturated carbocycles. The van der Waals surface area contributed by atoms with Gasteiger partial charge in [-0.15, -0.1) is 0 Å². The number of aromatic nitrogens is 4. The van der Waals surface area contributed by atoms with Crippen LogP contribution < -0.4 is 15.5 Å². The van der Waals surface area contributed by atoms with E-state index in [0.717, 1.165) is 16.8 Å². The molecule has 2 N–H and O–H groups in total. The van der Waals surface area contributed by atoms with E-state index in [-0.39, 0.29) is 17.0 Å². The third kappa shape index (κ3) is 3.94. The fraction of sp³-hybridized carbons (Fsp3) is 0.167. The molecule has 0 spiro atoms. The van der Waals surface area contributed by atoms with Crippen molar-refractivity contribution in [2.75, 3.05) is 28.6 Å². The van der Waals surface area contributed by atoms with E-state index < -0.39 is 5.82 Å². The highest BCUT2D eigenvalue weighted by molar-refractivity contribution is 6.31. The normalized spacial score (nSPS) is 13.7. The Morgan fingerprint density at radius 3 is 2.56 bits per heavy atom. The first-order valence-electron chi connectivity index (χ1n) is 10.8. The number of aryl methyl sites for hydroxylation is 1. The second-order valence-electron chi connectivity index (χ2n) is 7.78. The molecule has 2 aromatic heterocycles. The number of hydrogen-bond acceptors (Lipinski definition) is 5. The lowest BCUT2D eigenvalue weighted by Crippen LogP contribution is -2.31. The Balaban J connectivity index is 1.49. The van der Waals surface area contributed by atoms with Crippen LogP contribution in [0.5, 0.6) is 0 Å². The van der Waals surface area contributed by atoms with Gasteiger partial charge in [0.1, 0.15) is 11.5 Å². The van der Waals surface area contributed by atoms with E-state index in [2.05, 4.69) is 15.1 Å². The summed E-state index contributed by atoms with van der Waals surface area (Å²) in [6.07, 6.45) is 3.55. The molecule has 1 saturated heterocycles. The molecule has 0 atom stereocenters. The molecule has 2 aromatic carbocycles. The Morgan fingerprint density at radius 2 is 1.85 bits per heavy atom. The highest BCUT2D eigenvalue weighted by Crippen LogP contribution is 2.34. The predicted molar refractivity (Wildman–Crippen MR) is 130 cm³/mol. The smallest absolute Gasteiger partial charge is 0.329 e. The zero-order valence-electron chi connectivity index (χ0n) is 18.3. The van der Waals surface area contributed by atoms with Crippen LogP contribution in [0, 0.1) is 5.82 Å². The lowest BCUT2D eigenvalue weighted by Gasteiger charge is -2.19. The van der Waals surface area contributed by atoms with E-state index in [1.807, 2.05) is 42.1 Å².